The van der Waals surface area contributed by atoms with Gasteiger partial charge in [0.1, 0.15) is 5.82 Å². The van der Waals surface area contributed by atoms with Crippen molar-refractivity contribution in [2.24, 2.45) is 0 Å². The van der Waals surface area contributed by atoms with Crippen LogP contribution in [0.4, 0.5) is 4.39 Å². The van der Waals surface area contributed by atoms with E-state index in [1.54, 1.807) is 47.1 Å². The first-order valence-electron chi connectivity index (χ1n) is 12.2. The maximum atomic E-state index is 13.9. The number of amides is 3. The fourth-order valence-corrected chi connectivity index (χ4v) is 6.27. The Bertz CT molecular complexity index is 1640. The molecule has 0 bridgehead atoms. The van der Waals surface area contributed by atoms with E-state index in [-0.39, 0.29) is 30.0 Å². The third-order valence-electron chi connectivity index (χ3n) is 6.80. The molecule has 0 saturated heterocycles. The van der Waals surface area contributed by atoms with Crippen molar-refractivity contribution >= 4 is 46.4 Å². The summed E-state index contributed by atoms with van der Waals surface area (Å²) in [5.74, 6) is -1.94. The minimum Gasteiger partial charge on any atom is -0.346 e. The van der Waals surface area contributed by atoms with E-state index in [1.165, 1.54) is 18.3 Å². The molecule has 2 aliphatic rings. The van der Waals surface area contributed by atoms with Crippen molar-refractivity contribution in [1.82, 2.24) is 20.0 Å². The molecule has 11 heteroatoms. The topological polar surface area (TPSA) is 101 Å². The Morgan fingerprint density at radius 1 is 1.05 bits per heavy atom. The van der Waals surface area contributed by atoms with Crippen molar-refractivity contribution in [2.45, 2.75) is 25.4 Å². The van der Waals surface area contributed by atoms with Gasteiger partial charge in [-0.3, -0.25) is 28.8 Å². The highest BCUT2D eigenvalue weighted by Gasteiger charge is 2.37. The van der Waals surface area contributed by atoms with Crippen LogP contribution in [0.1, 0.15) is 52.0 Å². The number of thiophene rings is 1. The van der Waals surface area contributed by atoms with Gasteiger partial charge < -0.3 is 5.32 Å². The predicted octanol–water partition coefficient (Wildman–Crippen LogP) is 4.63. The number of benzene rings is 2. The molecule has 6 rings (SSSR count). The Morgan fingerprint density at radius 2 is 1.79 bits per heavy atom. The highest BCUT2D eigenvalue weighted by atomic mass is 35.5. The highest BCUT2D eigenvalue weighted by molar-refractivity contribution is 7.16. The molecule has 0 spiro atoms. The van der Waals surface area contributed by atoms with Crippen LogP contribution in [0.3, 0.4) is 0 Å². The van der Waals surface area contributed by atoms with Crippen LogP contribution in [0.15, 0.2) is 60.8 Å². The summed E-state index contributed by atoms with van der Waals surface area (Å²) < 4.78 is 15.6. The molecule has 0 aliphatic carbocycles. The number of rotatable bonds is 6. The molecule has 1 unspecified atom stereocenters. The van der Waals surface area contributed by atoms with E-state index in [2.05, 4.69) is 10.4 Å². The summed E-state index contributed by atoms with van der Waals surface area (Å²) in [5.41, 5.74) is 2.30. The number of halogens is 2. The van der Waals surface area contributed by atoms with Crippen molar-refractivity contribution in [3.63, 3.8) is 0 Å². The van der Waals surface area contributed by atoms with Crippen molar-refractivity contribution in [2.75, 3.05) is 6.54 Å². The predicted molar refractivity (Wildman–Crippen MR) is 143 cm³/mol. The number of carbonyl (C=O) groups excluding carboxylic acids is 4. The van der Waals surface area contributed by atoms with E-state index < -0.39 is 29.6 Å². The largest absolute Gasteiger partial charge is 0.346 e. The van der Waals surface area contributed by atoms with Crippen LogP contribution in [0.5, 0.6) is 0 Å². The summed E-state index contributed by atoms with van der Waals surface area (Å²) in [4.78, 5) is 54.1. The van der Waals surface area contributed by atoms with Gasteiger partial charge in [0.05, 0.1) is 43.8 Å². The number of fused-ring (bicyclic) bond motifs is 4. The average Bonchev–Trinajstić information content (AvgIpc) is 3.56. The van der Waals surface area contributed by atoms with Crippen LogP contribution in [0.2, 0.25) is 5.02 Å². The molecule has 0 fully saturated rings. The molecule has 3 amide bonds. The van der Waals surface area contributed by atoms with Gasteiger partial charge in [-0.1, -0.05) is 35.9 Å². The van der Waals surface area contributed by atoms with E-state index in [1.807, 2.05) is 0 Å². The number of aryl methyl sites for hydroxylation is 1. The summed E-state index contributed by atoms with van der Waals surface area (Å²) in [7, 11) is 0. The molecule has 1 N–H and O–H groups in total. The van der Waals surface area contributed by atoms with Gasteiger partial charge in [0, 0.05) is 25.1 Å². The number of hydrogen-bond donors (Lipinski definition) is 1. The third-order valence-corrected chi connectivity index (χ3v) is 8.25. The average molecular weight is 563 g/mol. The van der Waals surface area contributed by atoms with Crippen molar-refractivity contribution in [1.29, 1.82) is 0 Å². The fourth-order valence-electron chi connectivity index (χ4n) is 5.00. The minimum absolute atomic E-state index is 0.113. The zero-order valence-electron chi connectivity index (χ0n) is 20.3. The number of carbonyl (C=O) groups is 4. The molecule has 2 aromatic heterocycles. The summed E-state index contributed by atoms with van der Waals surface area (Å²) in [6.07, 6.45) is 1.89. The van der Waals surface area contributed by atoms with Gasteiger partial charge in [-0.25, -0.2) is 4.39 Å². The standard InChI is InChI=1S/C28H20ClFN4O4S/c29-21-13-31-34-9-8-22(35)25-20(24(21)34)12-23(39-25)26(36)32-17(11-15-4-3-5-16(30)10-15)14-33-27(37)18-6-1-2-7-19(18)28(33)38/h1-7,10,12-13,17H,8-9,11,14H2,(H,32,36). The number of imide groups is 1. The number of nitrogens with zero attached hydrogens (tertiary/aromatic N) is 3. The zero-order valence-corrected chi connectivity index (χ0v) is 21.9. The quantitative estimate of drug-likeness (QED) is 0.345. The highest BCUT2D eigenvalue weighted by Crippen LogP contribution is 2.38. The van der Waals surface area contributed by atoms with Gasteiger partial charge in [-0.05, 0) is 42.3 Å². The van der Waals surface area contributed by atoms with Crippen molar-refractivity contribution in [3.8, 4) is 11.3 Å². The summed E-state index contributed by atoms with van der Waals surface area (Å²) >= 11 is 7.41. The monoisotopic (exact) mass is 562 g/mol. The first-order valence-corrected chi connectivity index (χ1v) is 13.4. The third kappa shape index (κ3) is 4.55. The van der Waals surface area contributed by atoms with E-state index >= 15 is 0 Å². The maximum Gasteiger partial charge on any atom is 0.261 e. The van der Waals surface area contributed by atoms with E-state index in [0.717, 1.165) is 16.2 Å². The second kappa shape index (κ2) is 9.87. The lowest BCUT2D eigenvalue weighted by atomic mass is 10.0. The number of nitrogens with one attached hydrogen (secondary N) is 1. The lowest BCUT2D eigenvalue weighted by Gasteiger charge is -2.24. The van der Waals surface area contributed by atoms with Gasteiger partial charge in [0.2, 0.25) is 0 Å². The molecule has 2 aliphatic heterocycles. The van der Waals surface area contributed by atoms with Crippen LogP contribution in [-0.2, 0) is 13.0 Å². The van der Waals surface area contributed by atoms with Gasteiger partial charge in [0.25, 0.3) is 17.7 Å². The Morgan fingerprint density at radius 3 is 2.51 bits per heavy atom. The molecule has 8 nitrogen and oxygen atoms in total. The summed E-state index contributed by atoms with van der Waals surface area (Å²) in [6, 6.07) is 13.3. The smallest absolute Gasteiger partial charge is 0.261 e. The summed E-state index contributed by atoms with van der Waals surface area (Å²) in [6.45, 7) is 0.275. The van der Waals surface area contributed by atoms with Crippen LogP contribution >= 0.6 is 22.9 Å². The van der Waals surface area contributed by atoms with E-state index in [4.69, 9.17) is 11.6 Å². The maximum absolute atomic E-state index is 13.9. The lowest BCUT2D eigenvalue weighted by molar-refractivity contribution is 0.0628. The molecule has 1 atom stereocenters. The normalized spacial score (nSPS) is 15.0. The number of aromatic nitrogens is 2. The molecular formula is C28H20ClFN4O4S. The van der Waals surface area contributed by atoms with Crippen LogP contribution < -0.4 is 5.32 Å². The van der Waals surface area contributed by atoms with Crippen LogP contribution in [-0.4, -0.2) is 50.8 Å². The lowest BCUT2D eigenvalue weighted by Crippen LogP contribution is -2.46. The second-order valence-electron chi connectivity index (χ2n) is 9.36. The summed E-state index contributed by atoms with van der Waals surface area (Å²) in [5, 5.41) is 7.52. The van der Waals surface area contributed by atoms with Gasteiger partial charge in [0.15, 0.2) is 5.78 Å². The minimum atomic E-state index is -0.728. The molecule has 196 valence electrons. The molecule has 4 heterocycles. The number of ketones is 1. The molecule has 4 aromatic rings. The van der Waals surface area contributed by atoms with Crippen LogP contribution in [0.25, 0.3) is 11.3 Å². The SMILES string of the molecule is O=C(NC(Cc1cccc(F)c1)CN1C(=O)c2ccccc2C1=O)c1cc2c(s1)C(=O)CCn1ncc(Cl)c1-2. The van der Waals surface area contributed by atoms with Gasteiger partial charge in [-0.15, -0.1) is 11.3 Å². The Labute approximate surface area is 231 Å². The first kappa shape index (κ1) is 25.1. The molecule has 0 saturated carbocycles. The number of hydrogen-bond acceptors (Lipinski definition) is 6. The van der Waals surface area contributed by atoms with Gasteiger partial charge >= 0.3 is 0 Å². The van der Waals surface area contributed by atoms with Crippen molar-refractivity contribution in [3.05, 3.63) is 98.1 Å². The second-order valence-corrected chi connectivity index (χ2v) is 10.8. The molecule has 2 aromatic carbocycles. The van der Waals surface area contributed by atoms with Crippen molar-refractivity contribution < 1.29 is 23.6 Å². The van der Waals surface area contributed by atoms with E-state index in [9.17, 15) is 23.6 Å². The first-order chi connectivity index (χ1) is 18.8. The molecule has 39 heavy (non-hydrogen) atoms. The fraction of sp³-hybridized carbons (Fsp3) is 0.179. The van der Waals surface area contributed by atoms with E-state index in [0.29, 0.717) is 44.4 Å². The Balaban J connectivity index is 1.30. The van der Waals surface area contributed by atoms with Gasteiger partial charge in [-0.2, -0.15) is 5.10 Å². The Hall–Kier alpha value is -4.15. The molecule has 0 radical (unpaired) electrons. The zero-order chi connectivity index (χ0) is 27.3. The molecular weight excluding hydrogens is 543 g/mol. The van der Waals surface area contributed by atoms with Crippen LogP contribution in [0, 0.1) is 5.82 Å². The Kier molecular flexibility index (Phi) is 6.36. The number of Topliss-reactive ketones (excluding diaryl/α,β-unsaturated/α-hetero) is 1.